The van der Waals surface area contributed by atoms with Crippen LogP contribution < -0.4 is 10.6 Å². The molecule has 1 unspecified atom stereocenters. The van der Waals surface area contributed by atoms with Gasteiger partial charge in [0.05, 0.1) is 0 Å². The van der Waals surface area contributed by atoms with Gasteiger partial charge in [0, 0.05) is 22.9 Å². The molecule has 1 saturated carbocycles. The monoisotopic (exact) mass is 369 g/mol. The second kappa shape index (κ2) is 6.25. The number of amides is 1. The summed E-state index contributed by atoms with van der Waals surface area (Å²) in [7, 11) is -3.65. The number of hydrogen-bond acceptors (Lipinski definition) is 4. The fraction of sp³-hybridized carbons (Fsp3) is 0.263. The maximum absolute atomic E-state index is 12.3. The highest BCUT2D eigenvalue weighted by Crippen LogP contribution is 2.32. The van der Waals surface area contributed by atoms with E-state index in [1.54, 1.807) is 42.5 Å². The first-order valence-electron chi connectivity index (χ1n) is 8.56. The van der Waals surface area contributed by atoms with Crippen LogP contribution in [-0.4, -0.2) is 26.2 Å². The van der Waals surface area contributed by atoms with Crippen LogP contribution in [0.3, 0.4) is 0 Å². The van der Waals surface area contributed by atoms with Gasteiger partial charge in [-0.1, -0.05) is 12.1 Å². The second-order valence-corrected chi connectivity index (χ2v) is 8.29. The van der Waals surface area contributed by atoms with E-state index < -0.39 is 10.0 Å². The first kappa shape index (κ1) is 16.8. The van der Waals surface area contributed by atoms with Gasteiger partial charge in [-0.05, 0) is 62.1 Å². The van der Waals surface area contributed by atoms with Gasteiger partial charge in [0.25, 0.3) is 15.9 Å². The Kier molecular flexibility index (Phi) is 4.03. The lowest BCUT2D eigenvalue weighted by Crippen LogP contribution is -2.33. The van der Waals surface area contributed by atoms with Gasteiger partial charge in [-0.2, -0.15) is 8.42 Å². The van der Waals surface area contributed by atoms with Crippen LogP contribution in [0.4, 0.5) is 5.69 Å². The van der Waals surface area contributed by atoms with Crippen LogP contribution in [0.1, 0.15) is 35.7 Å². The third kappa shape index (κ3) is 3.22. The summed E-state index contributed by atoms with van der Waals surface area (Å²) < 4.78 is 28.0. The summed E-state index contributed by atoms with van der Waals surface area (Å²) in [6.07, 6.45) is 2.35. The number of amidine groups is 1. The minimum Gasteiger partial charge on any atom is -0.349 e. The van der Waals surface area contributed by atoms with Crippen LogP contribution in [0, 0.1) is 5.92 Å². The van der Waals surface area contributed by atoms with Crippen molar-refractivity contribution in [3.05, 3.63) is 59.7 Å². The molecule has 6 nitrogen and oxygen atoms in total. The number of nitrogens with one attached hydrogen (secondary N) is 2. The van der Waals surface area contributed by atoms with Gasteiger partial charge in [0.15, 0.2) is 5.84 Å². The van der Waals surface area contributed by atoms with E-state index in [0.717, 1.165) is 0 Å². The Balaban J connectivity index is 1.49. The Morgan fingerprint density at radius 1 is 1.12 bits per heavy atom. The molecule has 2 aliphatic rings. The maximum Gasteiger partial charge on any atom is 0.285 e. The molecule has 0 bridgehead atoms. The summed E-state index contributed by atoms with van der Waals surface area (Å²) in [5, 5.41) is 6.04. The topological polar surface area (TPSA) is 87.6 Å². The number of sulfonamides is 1. The molecular formula is C19H19N3O3S. The molecule has 1 amide bonds. The van der Waals surface area contributed by atoms with Crippen molar-refractivity contribution in [3.8, 4) is 0 Å². The zero-order chi connectivity index (χ0) is 18.3. The minimum atomic E-state index is -3.65. The molecule has 1 atom stereocenters. The van der Waals surface area contributed by atoms with Gasteiger partial charge >= 0.3 is 0 Å². The van der Waals surface area contributed by atoms with Crippen molar-refractivity contribution in [2.45, 2.75) is 30.7 Å². The quantitative estimate of drug-likeness (QED) is 0.867. The van der Waals surface area contributed by atoms with Crippen molar-refractivity contribution < 1.29 is 13.2 Å². The summed E-state index contributed by atoms with van der Waals surface area (Å²) in [5.41, 5.74) is 1.79. The molecule has 1 aliphatic carbocycles. The summed E-state index contributed by atoms with van der Waals surface area (Å²) in [5.74, 6) is 0.796. The van der Waals surface area contributed by atoms with Crippen LogP contribution in [0.15, 0.2) is 57.8 Å². The lowest BCUT2D eigenvalue weighted by Gasteiger charge is -2.13. The molecule has 134 valence electrons. The van der Waals surface area contributed by atoms with Crippen LogP contribution >= 0.6 is 0 Å². The number of carbonyl (C=O) groups excluding carboxylic acids is 1. The molecule has 1 aliphatic heterocycles. The molecule has 26 heavy (non-hydrogen) atoms. The van der Waals surface area contributed by atoms with Gasteiger partial charge in [0.1, 0.15) is 4.90 Å². The van der Waals surface area contributed by atoms with E-state index in [2.05, 4.69) is 15.0 Å². The van der Waals surface area contributed by atoms with Crippen LogP contribution in [0.5, 0.6) is 0 Å². The Hall–Kier alpha value is -2.67. The zero-order valence-corrected chi connectivity index (χ0v) is 15.1. The molecule has 0 spiro atoms. The molecule has 0 saturated heterocycles. The van der Waals surface area contributed by atoms with Crippen molar-refractivity contribution >= 4 is 27.5 Å². The standard InChI is InChI=1S/C19H19N3O3S/c1-12(13-6-7-13)20-19(23)14-8-10-15(11-9-14)21-18-16-4-2-3-5-17(16)26(24,25)22-18/h2-5,8-13H,6-7H2,1H3,(H,20,23)(H,21,22). The molecule has 7 heteroatoms. The van der Waals surface area contributed by atoms with E-state index in [1.165, 1.54) is 18.9 Å². The summed E-state index contributed by atoms with van der Waals surface area (Å²) >= 11 is 0. The summed E-state index contributed by atoms with van der Waals surface area (Å²) in [6.45, 7) is 2.03. The molecule has 2 aromatic carbocycles. The molecule has 4 rings (SSSR count). The SMILES string of the molecule is CC(NC(=O)c1ccc(NC2=NS(=O)(=O)c3ccccc32)cc1)C1CC1. The lowest BCUT2D eigenvalue weighted by atomic mass is 10.1. The Labute approximate surface area is 152 Å². The third-order valence-corrected chi connectivity index (χ3v) is 6.06. The van der Waals surface area contributed by atoms with Crippen molar-refractivity contribution in [1.82, 2.24) is 5.32 Å². The molecule has 0 radical (unpaired) electrons. The Bertz CT molecular complexity index is 993. The zero-order valence-electron chi connectivity index (χ0n) is 14.3. The summed E-state index contributed by atoms with van der Waals surface area (Å²) in [6, 6.07) is 13.8. The van der Waals surface area contributed by atoms with E-state index >= 15 is 0 Å². The van der Waals surface area contributed by atoms with Gasteiger partial charge in [-0.15, -0.1) is 4.40 Å². The molecule has 2 aromatic rings. The predicted octanol–water partition coefficient (Wildman–Crippen LogP) is 2.78. The number of fused-ring (bicyclic) bond motifs is 1. The van der Waals surface area contributed by atoms with E-state index in [-0.39, 0.29) is 16.8 Å². The molecule has 2 N–H and O–H groups in total. The van der Waals surface area contributed by atoms with Crippen molar-refractivity contribution in [2.24, 2.45) is 10.3 Å². The third-order valence-electron chi connectivity index (χ3n) is 4.73. The van der Waals surface area contributed by atoms with Crippen molar-refractivity contribution in [1.29, 1.82) is 0 Å². The smallest absolute Gasteiger partial charge is 0.285 e. The number of carbonyl (C=O) groups is 1. The van der Waals surface area contributed by atoms with Crippen LogP contribution in [0.2, 0.25) is 0 Å². The van der Waals surface area contributed by atoms with E-state index in [4.69, 9.17) is 0 Å². The highest BCUT2D eigenvalue weighted by Gasteiger charge is 2.29. The average molecular weight is 369 g/mol. The first-order valence-corrected chi connectivity index (χ1v) is 10.0. The van der Waals surface area contributed by atoms with E-state index in [0.29, 0.717) is 28.6 Å². The number of rotatable bonds is 4. The normalized spacial score (nSPS) is 18.6. The molecule has 1 fully saturated rings. The predicted molar refractivity (Wildman–Crippen MR) is 99.9 cm³/mol. The fourth-order valence-corrected chi connectivity index (χ4v) is 4.22. The fourth-order valence-electron chi connectivity index (χ4n) is 3.04. The summed E-state index contributed by atoms with van der Waals surface area (Å²) in [4.78, 5) is 12.5. The van der Waals surface area contributed by atoms with Gasteiger partial charge < -0.3 is 10.6 Å². The highest BCUT2D eigenvalue weighted by molar-refractivity contribution is 7.90. The van der Waals surface area contributed by atoms with E-state index in [1.807, 2.05) is 6.92 Å². The number of anilines is 1. The highest BCUT2D eigenvalue weighted by atomic mass is 32.2. The van der Waals surface area contributed by atoms with Gasteiger partial charge in [-0.25, -0.2) is 0 Å². The molecular weight excluding hydrogens is 350 g/mol. The van der Waals surface area contributed by atoms with Gasteiger partial charge in [0.2, 0.25) is 0 Å². The molecule has 1 heterocycles. The number of hydrogen-bond donors (Lipinski definition) is 2. The van der Waals surface area contributed by atoms with Crippen molar-refractivity contribution in [3.63, 3.8) is 0 Å². The Morgan fingerprint density at radius 3 is 2.50 bits per heavy atom. The van der Waals surface area contributed by atoms with Gasteiger partial charge in [-0.3, -0.25) is 4.79 Å². The minimum absolute atomic E-state index is 0.0953. The average Bonchev–Trinajstić information content (AvgIpc) is 3.43. The molecule has 0 aromatic heterocycles. The van der Waals surface area contributed by atoms with Crippen LogP contribution in [-0.2, 0) is 10.0 Å². The lowest BCUT2D eigenvalue weighted by molar-refractivity contribution is 0.0936. The second-order valence-electron chi connectivity index (χ2n) is 6.71. The number of nitrogens with zero attached hydrogens (tertiary/aromatic N) is 1. The largest absolute Gasteiger partial charge is 0.349 e. The van der Waals surface area contributed by atoms with E-state index in [9.17, 15) is 13.2 Å². The first-order chi connectivity index (χ1) is 12.4. The number of benzene rings is 2. The maximum atomic E-state index is 12.3. The Morgan fingerprint density at radius 2 is 1.81 bits per heavy atom. The van der Waals surface area contributed by atoms with Crippen LogP contribution in [0.25, 0.3) is 0 Å². The van der Waals surface area contributed by atoms with Crippen molar-refractivity contribution in [2.75, 3.05) is 5.32 Å².